The number of benzene rings is 1. The van der Waals surface area contributed by atoms with E-state index in [1.807, 2.05) is 24.3 Å². The fourth-order valence-electron chi connectivity index (χ4n) is 1.99. The van der Waals surface area contributed by atoms with Gasteiger partial charge in [0.25, 0.3) is 5.91 Å². The summed E-state index contributed by atoms with van der Waals surface area (Å²) < 4.78 is 0. The minimum absolute atomic E-state index is 0.0163. The monoisotopic (exact) mass is 333 g/mol. The Morgan fingerprint density at radius 1 is 1.35 bits per heavy atom. The second-order valence-electron chi connectivity index (χ2n) is 5.40. The molecule has 0 saturated heterocycles. The summed E-state index contributed by atoms with van der Waals surface area (Å²) in [5.74, 6) is -0.396. The van der Waals surface area contributed by atoms with Gasteiger partial charge in [0.1, 0.15) is 5.25 Å². The van der Waals surface area contributed by atoms with Crippen LogP contribution in [0.3, 0.4) is 0 Å². The van der Waals surface area contributed by atoms with Crippen molar-refractivity contribution >= 4 is 40.4 Å². The zero-order valence-corrected chi connectivity index (χ0v) is 13.8. The summed E-state index contributed by atoms with van der Waals surface area (Å²) in [5.41, 5.74) is 12.4. The van der Waals surface area contributed by atoms with Crippen molar-refractivity contribution in [3.63, 3.8) is 0 Å². The van der Waals surface area contributed by atoms with E-state index < -0.39 is 11.2 Å². The normalized spacial score (nSPS) is 17.1. The lowest BCUT2D eigenvalue weighted by atomic mass is 10.0. The smallest absolute Gasteiger partial charge is 0.262 e. The highest BCUT2D eigenvalue weighted by Crippen LogP contribution is 2.26. The lowest BCUT2D eigenvalue weighted by molar-refractivity contribution is -0.121. The molecule has 0 radical (unpaired) electrons. The molecule has 8 heteroatoms. The molecule has 1 aliphatic rings. The van der Waals surface area contributed by atoms with E-state index in [0.29, 0.717) is 11.6 Å². The minimum atomic E-state index is -0.594. The first-order chi connectivity index (χ1) is 10.8. The molecule has 0 aliphatic carbocycles. The van der Waals surface area contributed by atoms with Crippen molar-refractivity contribution in [2.45, 2.75) is 31.4 Å². The Morgan fingerprint density at radius 3 is 2.57 bits per heavy atom. The Morgan fingerprint density at radius 2 is 2.00 bits per heavy atom. The number of thioether (sulfide) groups is 1. The summed E-state index contributed by atoms with van der Waals surface area (Å²) in [4.78, 5) is 31.2. The van der Waals surface area contributed by atoms with E-state index in [1.54, 1.807) is 0 Å². The molecule has 0 saturated carbocycles. The van der Waals surface area contributed by atoms with Crippen LogP contribution in [0.4, 0.5) is 5.69 Å². The SMILES string of the molecule is CC(C)c1ccc(NC(=O)C[C@@H]2SC(N=C(N)N)=NC2=O)cc1. The number of carbonyl (C=O) groups is 2. The molecular formula is C15H19N5O2S. The molecule has 0 fully saturated rings. The van der Waals surface area contributed by atoms with E-state index in [1.165, 1.54) is 5.56 Å². The van der Waals surface area contributed by atoms with Gasteiger partial charge in [0, 0.05) is 12.1 Å². The second-order valence-corrected chi connectivity index (χ2v) is 6.57. The van der Waals surface area contributed by atoms with Gasteiger partial charge in [0.05, 0.1) is 0 Å². The van der Waals surface area contributed by atoms with Crippen LogP contribution in [-0.4, -0.2) is 28.2 Å². The molecule has 7 nitrogen and oxygen atoms in total. The van der Waals surface area contributed by atoms with Crippen molar-refractivity contribution in [1.82, 2.24) is 0 Å². The van der Waals surface area contributed by atoms with Crippen LogP contribution in [0.25, 0.3) is 0 Å². The van der Waals surface area contributed by atoms with Crippen molar-refractivity contribution < 1.29 is 9.59 Å². The summed E-state index contributed by atoms with van der Waals surface area (Å²) in [6.07, 6.45) is 0.0163. The highest BCUT2D eigenvalue weighted by Gasteiger charge is 2.30. The van der Waals surface area contributed by atoms with Crippen molar-refractivity contribution in [3.8, 4) is 0 Å². The van der Waals surface area contributed by atoms with E-state index in [4.69, 9.17) is 11.5 Å². The van der Waals surface area contributed by atoms with Gasteiger partial charge in [0.2, 0.25) is 5.91 Å². The summed E-state index contributed by atoms with van der Waals surface area (Å²) in [7, 11) is 0. The van der Waals surface area contributed by atoms with Gasteiger partial charge in [-0.2, -0.15) is 9.98 Å². The van der Waals surface area contributed by atoms with Crippen molar-refractivity contribution in [3.05, 3.63) is 29.8 Å². The maximum absolute atomic E-state index is 12.0. The number of hydrogen-bond acceptors (Lipinski definition) is 4. The molecule has 2 amide bonds. The van der Waals surface area contributed by atoms with E-state index in [2.05, 4.69) is 29.1 Å². The zero-order chi connectivity index (χ0) is 17.0. The molecule has 0 aromatic heterocycles. The van der Waals surface area contributed by atoms with Gasteiger partial charge in [-0.05, 0) is 23.6 Å². The molecule has 23 heavy (non-hydrogen) atoms. The lowest BCUT2D eigenvalue weighted by Crippen LogP contribution is -2.23. The van der Waals surface area contributed by atoms with Crippen LogP contribution in [0.5, 0.6) is 0 Å². The first-order valence-electron chi connectivity index (χ1n) is 7.14. The molecular weight excluding hydrogens is 314 g/mol. The standard InChI is InChI=1S/C15H19N5O2S/c1-8(2)9-3-5-10(6-4-9)18-12(21)7-11-13(22)19-15(23-11)20-14(16)17/h3-6,8,11H,7H2,1-2H3,(H,18,21)(H4,16,17,19,20,22)/t11-/m0/s1. The number of rotatable bonds is 4. The van der Waals surface area contributed by atoms with Gasteiger partial charge in [-0.25, -0.2) is 0 Å². The number of amidine groups is 1. The molecule has 1 heterocycles. The lowest BCUT2D eigenvalue weighted by Gasteiger charge is -2.10. The first-order valence-corrected chi connectivity index (χ1v) is 8.01. The molecule has 1 aromatic rings. The van der Waals surface area contributed by atoms with Gasteiger partial charge in [-0.1, -0.05) is 37.7 Å². The Kier molecular flexibility index (Phi) is 5.38. The average Bonchev–Trinajstić information content (AvgIpc) is 2.78. The molecule has 1 atom stereocenters. The first kappa shape index (κ1) is 17.0. The van der Waals surface area contributed by atoms with Crippen LogP contribution >= 0.6 is 11.8 Å². The predicted molar refractivity (Wildman–Crippen MR) is 93.4 cm³/mol. The number of nitrogens with two attached hydrogens (primary N) is 2. The van der Waals surface area contributed by atoms with E-state index in [9.17, 15) is 9.59 Å². The number of carbonyl (C=O) groups excluding carboxylic acids is 2. The average molecular weight is 333 g/mol. The number of amides is 2. The third-order valence-electron chi connectivity index (χ3n) is 3.19. The largest absolute Gasteiger partial charge is 0.370 e. The topological polar surface area (TPSA) is 123 Å². The van der Waals surface area contributed by atoms with Crippen LogP contribution in [0.1, 0.15) is 31.7 Å². The Bertz CT molecular complexity index is 663. The predicted octanol–water partition coefficient (Wildman–Crippen LogP) is 1.41. The minimum Gasteiger partial charge on any atom is -0.370 e. The molecule has 122 valence electrons. The number of nitrogens with zero attached hydrogens (tertiary/aromatic N) is 2. The summed E-state index contributed by atoms with van der Waals surface area (Å²) in [6, 6.07) is 7.63. The Hall–Kier alpha value is -2.35. The highest BCUT2D eigenvalue weighted by molar-refractivity contribution is 8.15. The second kappa shape index (κ2) is 7.28. The van der Waals surface area contributed by atoms with Crippen molar-refractivity contribution in [2.24, 2.45) is 21.5 Å². The fraction of sp³-hybridized carbons (Fsp3) is 0.333. The number of aliphatic imine (C=N–C) groups is 2. The molecule has 0 spiro atoms. The van der Waals surface area contributed by atoms with E-state index in [-0.39, 0.29) is 23.5 Å². The quantitative estimate of drug-likeness (QED) is 0.568. The van der Waals surface area contributed by atoms with Gasteiger partial charge in [-0.3, -0.25) is 9.59 Å². The Balaban J connectivity index is 1.91. The van der Waals surface area contributed by atoms with Crippen LogP contribution in [0.15, 0.2) is 34.3 Å². The highest BCUT2D eigenvalue weighted by atomic mass is 32.2. The van der Waals surface area contributed by atoms with Crippen LogP contribution in [0, 0.1) is 0 Å². The maximum atomic E-state index is 12.0. The Labute approximate surface area is 138 Å². The number of anilines is 1. The zero-order valence-electron chi connectivity index (χ0n) is 12.9. The number of hydrogen-bond donors (Lipinski definition) is 3. The van der Waals surface area contributed by atoms with Crippen LogP contribution in [-0.2, 0) is 9.59 Å². The van der Waals surface area contributed by atoms with Crippen LogP contribution < -0.4 is 16.8 Å². The van der Waals surface area contributed by atoms with E-state index in [0.717, 1.165) is 11.8 Å². The van der Waals surface area contributed by atoms with Crippen molar-refractivity contribution in [1.29, 1.82) is 0 Å². The van der Waals surface area contributed by atoms with Gasteiger partial charge in [0.15, 0.2) is 11.1 Å². The van der Waals surface area contributed by atoms with Crippen molar-refractivity contribution in [2.75, 3.05) is 5.32 Å². The number of guanidine groups is 1. The molecule has 1 aliphatic heterocycles. The molecule has 0 unspecified atom stereocenters. The fourth-order valence-corrected chi connectivity index (χ4v) is 2.94. The summed E-state index contributed by atoms with van der Waals surface area (Å²) >= 11 is 1.08. The summed E-state index contributed by atoms with van der Waals surface area (Å²) in [5, 5.41) is 2.37. The maximum Gasteiger partial charge on any atom is 0.262 e. The molecule has 2 rings (SSSR count). The molecule has 1 aromatic carbocycles. The van der Waals surface area contributed by atoms with E-state index >= 15 is 0 Å². The number of nitrogens with one attached hydrogen (secondary N) is 1. The summed E-state index contributed by atoms with van der Waals surface area (Å²) in [6.45, 7) is 4.20. The molecule has 5 N–H and O–H groups in total. The van der Waals surface area contributed by atoms with Gasteiger partial charge >= 0.3 is 0 Å². The third kappa shape index (κ3) is 4.82. The van der Waals surface area contributed by atoms with Gasteiger partial charge in [-0.15, -0.1) is 0 Å². The van der Waals surface area contributed by atoms with Crippen LogP contribution in [0.2, 0.25) is 0 Å². The van der Waals surface area contributed by atoms with Gasteiger partial charge < -0.3 is 16.8 Å². The molecule has 0 bridgehead atoms. The third-order valence-corrected chi connectivity index (χ3v) is 4.23.